The van der Waals surface area contributed by atoms with Crippen LogP contribution in [-0.2, 0) is 0 Å². The third kappa shape index (κ3) is 3.84. The predicted octanol–water partition coefficient (Wildman–Crippen LogP) is 2.97. The van der Waals surface area contributed by atoms with Crippen LogP contribution in [0.4, 0.5) is 20.6 Å². The number of benzene rings is 1. The van der Waals surface area contributed by atoms with Crippen LogP contribution >= 0.6 is 0 Å². The van der Waals surface area contributed by atoms with E-state index in [-0.39, 0.29) is 19.0 Å². The number of carbonyl (C=O) groups is 1. The molecule has 5 N–H and O–H groups in total. The minimum atomic E-state index is -0.471. The zero-order valence-corrected chi connectivity index (χ0v) is 11.5. The van der Waals surface area contributed by atoms with Gasteiger partial charge in [-0.15, -0.1) is 0 Å². The fraction of sp³-hybridized carbons (Fsp3) is 0.500. The number of nitrogens with one attached hydrogen (secondary N) is 1. The molecular formula is C14H25FN4O. The second-order valence-corrected chi connectivity index (χ2v) is 4.13. The fourth-order valence-corrected chi connectivity index (χ4v) is 1.75. The number of hydrogen-bond acceptors (Lipinski definition) is 3. The van der Waals surface area contributed by atoms with E-state index in [2.05, 4.69) is 5.32 Å². The predicted molar refractivity (Wildman–Crippen MR) is 82.0 cm³/mol. The van der Waals surface area contributed by atoms with E-state index in [4.69, 9.17) is 11.6 Å². The Morgan fingerprint density at radius 2 is 1.95 bits per heavy atom. The zero-order valence-electron chi connectivity index (χ0n) is 11.5. The van der Waals surface area contributed by atoms with Crippen molar-refractivity contribution in [3.63, 3.8) is 0 Å². The van der Waals surface area contributed by atoms with Crippen molar-refractivity contribution >= 4 is 17.4 Å². The molecule has 2 amide bonds. The van der Waals surface area contributed by atoms with Gasteiger partial charge in [-0.3, -0.25) is 0 Å². The van der Waals surface area contributed by atoms with Crippen molar-refractivity contribution in [2.24, 2.45) is 5.84 Å². The van der Waals surface area contributed by atoms with Gasteiger partial charge in [0.25, 0.3) is 0 Å². The molecule has 2 rings (SSSR count). The highest BCUT2D eigenvalue weighted by atomic mass is 19.1. The van der Waals surface area contributed by atoms with Crippen LogP contribution in [0, 0.1) is 5.82 Å². The summed E-state index contributed by atoms with van der Waals surface area (Å²) in [7, 11) is 1.48. The first kappa shape index (κ1) is 18.2. The van der Waals surface area contributed by atoms with Crippen molar-refractivity contribution in [2.75, 3.05) is 17.8 Å². The number of hydrogen-bond donors (Lipinski definition) is 3. The third-order valence-corrected chi connectivity index (χ3v) is 2.86. The Hall–Kier alpha value is -1.82. The molecule has 0 aliphatic heterocycles. The quantitative estimate of drug-likeness (QED) is 0.338. The Bertz CT molecular complexity index is 461. The van der Waals surface area contributed by atoms with E-state index in [9.17, 15) is 9.18 Å². The maximum absolute atomic E-state index is 13.4. The molecule has 1 aromatic rings. The van der Waals surface area contributed by atoms with E-state index < -0.39 is 11.8 Å². The van der Waals surface area contributed by atoms with Crippen LogP contribution in [0.25, 0.3) is 0 Å². The summed E-state index contributed by atoms with van der Waals surface area (Å²) in [5.74, 6) is 5.48. The van der Waals surface area contributed by atoms with Crippen LogP contribution in [0.3, 0.4) is 0 Å². The molecule has 0 spiro atoms. The second-order valence-electron chi connectivity index (χ2n) is 4.13. The first-order chi connectivity index (χ1) is 9.04. The number of rotatable bonds is 2. The Kier molecular flexibility index (Phi) is 6.99. The van der Waals surface area contributed by atoms with Crippen LogP contribution in [-0.4, -0.2) is 13.1 Å². The average molecular weight is 284 g/mol. The van der Waals surface area contributed by atoms with Crippen molar-refractivity contribution in [1.82, 2.24) is 5.32 Å². The highest BCUT2D eigenvalue weighted by Gasteiger charge is 2.29. The molecule has 1 fully saturated rings. The number of anilines is 2. The second kappa shape index (κ2) is 7.69. The molecule has 0 radical (unpaired) electrons. The number of hydrazine groups is 1. The van der Waals surface area contributed by atoms with Gasteiger partial charge in [0.2, 0.25) is 0 Å². The highest BCUT2D eigenvalue weighted by Crippen LogP contribution is 2.45. The van der Waals surface area contributed by atoms with Gasteiger partial charge in [0, 0.05) is 7.05 Å². The molecule has 0 bridgehead atoms. The molecule has 6 heteroatoms. The van der Waals surface area contributed by atoms with Crippen molar-refractivity contribution in [1.29, 1.82) is 0 Å². The summed E-state index contributed by atoms with van der Waals surface area (Å²) in [5, 5.41) is 3.37. The van der Waals surface area contributed by atoms with E-state index in [1.54, 1.807) is 0 Å². The molecule has 0 aromatic heterocycles. The minimum Gasteiger partial charge on any atom is -0.396 e. The normalized spacial score (nSPS) is 12.7. The lowest BCUT2D eigenvalue weighted by Crippen LogP contribution is -2.43. The molecule has 1 saturated carbocycles. The number of carbonyl (C=O) groups excluding carboxylic acids is 1. The molecule has 0 saturated heterocycles. The lowest BCUT2D eigenvalue weighted by atomic mass is 10.1. The van der Waals surface area contributed by atoms with E-state index in [0.29, 0.717) is 5.69 Å². The Morgan fingerprint density at radius 3 is 2.40 bits per heavy atom. The lowest BCUT2D eigenvalue weighted by Gasteiger charge is -2.20. The van der Waals surface area contributed by atoms with Gasteiger partial charge < -0.3 is 11.1 Å². The minimum absolute atomic E-state index is 0. The monoisotopic (exact) mass is 284 g/mol. The van der Waals surface area contributed by atoms with Gasteiger partial charge >= 0.3 is 6.03 Å². The molecule has 5 nitrogen and oxygen atoms in total. The molecule has 0 atom stereocenters. The molecule has 114 valence electrons. The van der Waals surface area contributed by atoms with E-state index in [1.165, 1.54) is 19.2 Å². The molecule has 0 unspecified atom stereocenters. The Labute approximate surface area is 120 Å². The van der Waals surface area contributed by atoms with E-state index >= 15 is 0 Å². The van der Waals surface area contributed by atoms with Gasteiger partial charge in [0.1, 0.15) is 5.82 Å². The van der Waals surface area contributed by atoms with Crippen molar-refractivity contribution < 1.29 is 9.18 Å². The summed E-state index contributed by atoms with van der Waals surface area (Å²) < 4.78 is 13.4. The Morgan fingerprint density at radius 1 is 1.40 bits per heavy atom. The van der Waals surface area contributed by atoms with Gasteiger partial charge in [0.05, 0.1) is 11.4 Å². The van der Waals surface area contributed by atoms with Gasteiger partial charge in [-0.1, -0.05) is 21.3 Å². The average Bonchev–Trinajstić information content (AvgIpc) is 3.26. The standard InChI is InChI=1S/C11H15FN4O.C2H6.CH4/c1-15-11(17)16(14)10-5-9(13)8(12)4-7(10)6-2-3-6;1-2;/h4-6H,2-3,13-14H2,1H3,(H,15,17);1-2H3;1H4. The van der Waals surface area contributed by atoms with E-state index in [1.807, 2.05) is 13.8 Å². The van der Waals surface area contributed by atoms with Crippen molar-refractivity contribution in [2.45, 2.75) is 40.0 Å². The highest BCUT2D eigenvalue weighted by molar-refractivity contribution is 5.92. The van der Waals surface area contributed by atoms with Crippen LogP contribution in [0.15, 0.2) is 12.1 Å². The molecule has 1 aliphatic carbocycles. The summed E-state index contributed by atoms with van der Waals surface area (Å²) in [4.78, 5) is 11.5. The van der Waals surface area contributed by atoms with Crippen LogP contribution in [0.5, 0.6) is 0 Å². The molecule has 0 heterocycles. The largest absolute Gasteiger partial charge is 0.396 e. The first-order valence-electron chi connectivity index (χ1n) is 6.40. The fourth-order valence-electron chi connectivity index (χ4n) is 1.75. The maximum atomic E-state index is 13.4. The SMILES string of the molecule is C.CC.CNC(=O)N(N)c1cc(N)c(F)cc1C1CC1. The van der Waals surface area contributed by atoms with Gasteiger partial charge in [-0.2, -0.15) is 0 Å². The van der Waals surface area contributed by atoms with Crippen LogP contribution in [0.1, 0.15) is 45.6 Å². The summed E-state index contributed by atoms with van der Waals surface area (Å²) in [6.07, 6.45) is 1.97. The lowest BCUT2D eigenvalue weighted by molar-refractivity contribution is 0.248. The molecular weight excluding hydrogens is 259 g/mol. The Balaban J connectivity index is 0.00000115. The maximum Gasteiger partial charge on any atom is 0.336 e. The van der Waals surface area contributed by atoms with Gasteiger partial charge in [0.15, 0.2) is 0 Å². The summed E-state index contributed by atoms with van der Waals surface area (Å²) in [5.41, 5.74) is 6.69. The number of nitrogen functional groups attached to an aromatic ring is 1. The molecule has 1 aromatic carbocycles. The number of amides is 2. The van der Waals surface area contributed by atoms with Crippen molar-refractivity contribution in [3.05, 3.63) is 23.5 Å². The van der Waals surface area contributed by atoms with E-state index in [0.717, 1.165) is 23.4 Å². The summed E-state index contributed by atoms with van der Waals surface area (Å²) in [6, 6.07) is 2.31. The summed E-state index contributed by atoms with van der Waals surface area (Å²) in [6.45, 7) is 4.00. The number of nitrogens with zero attached hydrogens (tertiary/aromatic N) is 1. The van der Waals surface area contributed by atoms with Crippen LogP contribution < -0.4 is 21.9 Å². The topological polar surface area (TPSA) is 84.4 Å². The van der Waals surface area contributed by atoms with Gasteiger partial charge in [-0.25, -0.2) is 20.0 Å². The van der Waals surface area contributed by atoms with Gasteiger partial charge in [-0.05, 0) is 36.5 Å². The first-order valence-corrected chi connectivity index (χ1v) is 6.40. The van der Waals surface area contributed by atoms with Crippen molar-refractivity contribution in [3.8, 4) is 0 Å². The summed E-state index contributed by atoms with van der Waals surface area (Å²) >= 11 is 0. The number of nitrogens with two attached hydrogens (primary N) is 2. The molecule has 20 heavy (non-hydrogen) atoms. The number of urea groups is 1. The zero-order chi connectivity index (χ0) is 14.6. The smallest absolute Gasteiger partial charge is 0.336 e. The molecule has 1 aliphatic rings. The third-order valence-electron chi connectivity index (χ3n) is 2.86. The van der Waals surface area contributed by atoms with Crippen LogP contribution in [0.2, 0.25) is 0 Å². The number of halogens is 1.